The van der Waals surface area contributed by atoms with Gasteiger partial charge in [0.2, 0.25) is 5.88 Å². The number of aliphatic carboxylic acids is 1. The third-order valence-corrected chi connectivity index (χ3v) is 10.8. The Balaban J connectivity index is 1.12. The molecule has 4 aromatic rings. The Morgan fingerprint density at radius 3 is 2.42 bits per heavy atom. The fourth-order valence-electron chi connectivity index (χ4n) is 7.21. The number of carboxylic acid groups (broad SMARTS) is 1. The highest BCUT2D eigenvalue weighted by atomic mass is 35.5. The second-order valence-electron chi connectivity index (χ2n) is 13.4. The molecule has 260 valence electrons. The fourth-order valence-corrected chi connectivity index (χ4v) is 7.81. The quantitative estimate of drug-likeness (QED) is 0.157. The summed E-state index contributed by atoms with van der Waals surface area (Å²) < 4.78 is 5.75. The maximum Gasteiger partial charge on any atom is 0.306 e. The number of aliphatic hydroxyl groups is 1. The van der Waals surface area contributed by atoms with E-state index in [1.165, 1.54) is 0 Å². The highest BCUT2D eigenvalue weighted by Crippen LogP contribution is 2.43. The molecule has 1 atom stereocenters. The van der Waals surface area contributed by atoms with E-state index in [2.05, 4.69) is 20.1 Å². The molecule has 0 amide bonds. The molecule has 3 aliphatic heterocycles. The Morgan fingerprint density at radius 1 is 0.980 bits per heavy atom. The van der Waals surface area contributed by atoms with Crippen LogP contribution < -0.4 is 10.1 Å². The number of nitrogens with one attached hydrogen (secondary N) is 1. The highest BCUT2D eigenvalue weighted by molar-refractivity contribution is 6.39. The lowest BCUT2D eigenvalue weighted by Gasteiger charge is -2.29. The van der Waals surface area contributed by atoms with Crippen LogP contribution in [0, 0.1) is 12.8 Å². The van der Waals surface area contributed by atoms with Gasteiger partial charge < -0.3 is 20.3 Å². The van der Waals surface area contributed by atoms with Gasteiger partial charge in [-0.15, -0.1) is 0 Å². The van der Waals surface area contributed by atoms with Crippen LogP contribution in [0.5, 0.6) is 5.88 Å². The maximum absolute atomic E-state index is 11.4. The zero-order valence-corrected chi connectivity index (χ0v) is 29.6. The Labute approximate surface area is 301 Å². The number of aliphatic hydroxyl groups excluding tert-OH is 1. The Morgan fingerprint density at radius 2 is 1.70 bits per heavy atom. The number of likely N-dealkylation sites (tertiary alicyclic amines) is 2. The molecule has 0 bridgehead atoms. The van der Waals surface area contributed by atoms with Gasteiger partial charge in [-0.1, -0.05) is 53.5 Å². The molecule has 7 rings (SSSR count). The number of aliphatic imine (C=N–C) groups is 1. The van der Waals surface area contributed by atoms with Gasteiger partial charge >= 0.3 is 5.97 Å². The van der Waals surface area contributed by atoms with E-state index >= 15 is 0 Å². The normalized spacial score (nSPS) is 18.3. The number of hydrogen-bond acceptors (Lipinski definition) is 9. The first-order valence-electron chi connectivity index (χ1n) is 17.0. The lowest BCUT2D eigenvalue weighted by Crippen LogP contribution is -2.39. The first kappa shape index (κ1) is 34.4. The summed E-state index contributed by atoms with van der Waals surface area (Å²) in [5.74, 6) is 0.202. The van der Waals surface area contributed by atoms with Gasteiger partial charge in [0.25, 0.3) is 0 Å². The Hall–Kier alpha value is -4.06. The third-order valence-electron chi connectivity index (χ3n) is 9.96. The van der Waals surface area contributed by atoms with Crippen LogP contribution in [0.25, 0.3) is 22.4 Å². The fraction of sp³-hybridized carbons (Fsp3) is 0.368. The summed E-state index contributed by atoms with van der Waals surface area (Å²) in [7, 11) is 1.62. The van der Waals surface area contributed by atoms with E-state index in [1.54, 1.807) is 13.3 Å². The number of piperidine rings is 1. The summed E-state index contributed by atoms with van der Waals surface area (Å²) in [6, 6.07) is 15.6. The number of halogens is 2. The topological polar surface area (TPSA) is 123 Å². The molecule has 3 aliphatic rings. The second kappa shape index (κ2) is 14.7. The van der Waals surface area contributed by atoms with E-state index < -0.39 is 5.97 Å². The van der Waals surface area contributed by atoms with Crippen molar-refractivity contribution >= 4 is 52.1 Å². The number of benzene rings is 2. The van der Waals surface area contributed by atoms with Crippen molar-refractivity contribution in [2.45, 2.75) is 45.3 Å². The number of rotatable bonds is 10. The standard InChI is InChI=1S/C38H40Cl2N6O4/c1-22-17-32(44-37(50-2)30(22)21-46-16-12-26(47)20-46)29-7-3-5-27(33(29)39)28-6-4-8-31(34(28)40)43-36-35-24(9-13-41-36)18-25(42-35)19-45-14-10-23(11-15-45)38(48)49/h3-9,13,17,23,26,47H,10-12,14-16,18-21H2,1-2H3,(H,41,43)(H,48,49). The summed E-state index contributed by atoms with van der Waals surface area (Å²) in [5, 5.41) is 23.8. The van der Waals surface area contributed by atoms with Crippen molar-refractivity contribution in [2.24, 2.45) is 10.9 Å². The molecule has 2 fully saturated rings. The Kier molecular flexibility index (Phi) is 10.1. The van der Waals surface area contributed by atoms with Gasteiger partial charge in [0.1, 0.15) is 5.69 Å². The number of aryl methyl sites for hydroxylation is 1. The van der Waals surface area contributed by atoms with Crippen molar-refractivity contribution in [2.75, 3.05) is 45.2 Å². The first-order chi connectivity index (χ1) is 24.2. The van der Waals surface area contributed by atoms with Gasteiger partial charge in [0.05, 0.1) is 40.6 Å². The number of aromatic nitrogens is 2. The minimum Gasteiger partial charge on any atom is -0.481 e. The SMILES string of the molecule is COc1nc(-c2cccc(-c3cccc(Nc4nccc5c4N=C(CN4CCC(C(=O)O)CC4)C5)c3Cl)c2Cl)cc(C)c1CN1CCC(O)C1. The van der Waals surface area contributed by atoms with E-state index in [9.17, 15) is 15.0 Å². The molecule has 0 radical (unpaired) electrons. The monoisotopic (exact) mass is 714 g/mol. The molecule has 12 heteroatoms. The third kappa shape index (κ3) is 7.08. The summed E-state index contributed by atoms with van der Waals surface area (Å²) >= 11 is 14.2. The first-order valence-corrected chi connectivity index (χ1v) is 17.7. The number of fused-ring (bicyclic) bond motifs is 1. The highest BCUT2D eigenvalue weighted by Gasteiger charge is 2.28. The number of carboxylic acids is 1. The van der Waals surface area contributed by atoms with Gasteiger partial charge in [0, 0.05) is 66.8 Å². The minimum atomic E-state index is -0.705. The summed E-state index contributed by atoms with van der Waals surface area (Å²) in [6.45, 7) is 6.38. The molecule has 50 heavy (non-hydrogen) atoms. The van der Waals surface area contributed by atoms with Gasteiger partial charge in [-0.05, 0) is 68.6 Å². The Bertz CT molecular complexity index is 1960. The van der Waals surface area contributed by atoms with Crippen molar-refractivity contribution in [3.8, 4) is 28.3 Å². The smallest absolute Gasteiger partial charge is 0.306 e. The van der Waals surface area contributed by atoms with E-state index in [1.807, 2.05) is 55.5 Å². The number of hydrogen-bond donors (Lipinski definition) is 3. The predicted molar refractivity (Wildman–Crippen MR) is 197 cm³/mol. The molecule has 1 unspecified atom stereocenters. The largest absolute Gasteiger partial charge is 0.481 e. The van der Waals surface area contributed by atoms with Crippen LogP contribution in [-0.4, -0.2) is 87.6 Å². The van der Waals surface area contributed by atoms with Crippen LogP contribution in [0.2, 0.25) is 10.0 Å². The molecule has 2 saturated heterocycles. The lowest BCUT2D eigenvalue weighted by molar-refractivity contribution is -0.143. The molecule has 0 aliphatic carbocycles. The van der Waals surface area contributed by atoms with Crippen LogP contribution in [0.1, 0.15) is 36.0 Å². The zero-order valence-electron chi connectivity index (χ0n) is 28.1. The average Bonchev–Trinajstić information content (AvgIpc) is 3.72. The van der Waals surface area contributed by atoms with Crippen molar-refractivity contribution in [1.29, 1.82) is 0 Å². The van der Waals surface area contributed by atoms with Gasteiger partial charge in [-0.2, -0.15) is 0 Å². The second-order valence-corrected chi connectivity index (χ2v) is 14.1. The number of carbonyl (C=O) groups is 1. The molecule has 2 aromatic heterocycles. The molecule has 0 spiro atoms. The lowest BCUT2D eigenvalue weighted by atomic mass is 9.97. The molecular weight excluding hydrogens is 675 g/mol. The molecule has 0 saturated carbocycles. The molecular formula is C38H40Cl2N6O4. The number of pyridine rings is 2. The van der Waals surface area contributed by atoms with Gasteiger partial charge in [0.15, 0.2) is 5.82 Å². The van der Waals surface area contributed by atoms with E-state index in [4.69, 9.17) is 37.9 Å². The summed E-state index contributed by atoms with van der Waals surface area (Å²) in [6.07, 6.45) is 4.29. The number of methoxy groups -OCH3 is 1. The molecule has 3 N–H and O–H groups in total. The van der Waals surface area contributed by atoms with E-state index in [0.29, 0.717) is 65.6 Å². The predicted octanol–water partition coefficient (Wildman–Crippen LogP) is 7.17. The van der Waals surface area contributed by atoms with Crippen LogP contribution in [0.15, 0.2) is 59.7 Å². The van der Waals surface area contributed by atoms with Crippen LogP contribution in [-0.2, 0) is 17.8 Å². The van der Waals surface area contributed by atoms with Crippen LogP contribution in [0.4, 0.5) is 17.2 Å². The maximum atomic E-state index is 11.4. The van der Waals surface area contributed by atoms with Crippen molar-refractivity contribution < 1.29 is 19.7 Å². The summed E-state index contributed by atoms with van der Waals surface area (Å²) in [5.41, 5.74) is 8.63. The van der Waals surface area contributed by atoms with Crippen LogP contribution in [0.3, 0.4) is 0 Å². The summed E-state index contributed by atoms with van der Waals surface area (Å²) in [4.78, 5) is 30.3. The number of β-amino-alcohol motifs (C(OH)–C–C–N with tert-alkyl or cyclic N) is 1. The molecule has 2 aromatic carbocycles. The van der Waals surface area contributed by atoms with E-state index in [-0.39, 0.29) is 12.0 Å². The molecule has 10 nitrogen and oxygen atoms in total. The number of ether oxygens (including phenoxy) is 1. The zero-order chi connectivity index (χ0) is 34.9. The number of nitrogens with zero attached hydrogens (tertiary/aromatic N) is 5. The van der Waals surface area contributed by atoms with Gasteiger partial charge in [-0.25, -0.2) is 9.97 Å². The van der Waals surface area contributed by atoms with E-state index in [0.717, 1.165) is 77.3 Å². The van der Waals surface area contributed by atoms with Crippen LogP contribution >= 0.6 is 23.2 Å². The van der Waals surface area contributed by atoms with Gasteiger partial charge in [-0.3, -0.25) is 19.6 Å². The average molecular weight is 716 g/mol. The van der Waals surface area contributed by atoms with Crippen molar-refractivity contribution in [3.63, 3.8) is 0 Å². The number of anilines is 2. The van der Waals surface area contributed by atoms with Crippen molar-refractivity contribution in [3.05, 3.63) is 81.5 Å². The van der Waals surface area contributed by atoms with Crippen molar-refractivity contribution in [1.82, 2.24) is 19.8 Å². The molecule has 5 heterocycles. The minimum absolute atomic E-state index is 0.260.